The normalized spacial score (nSPS) is 7.54. The van der Waals surface area contributed by atoms with Crippen molar-refractivity contribution in [3.05, 3.63) is 29.8 Å². The third-order valence-electron chi connectivity index (χ3n) is 1.12. The Morgan fingerprint density at radius 1 is 1.38 bits per heavy atom. The molecule has 1 N–H and O–H groups in total. The molecule has 0 bridgehead atoms. The zero-order valence-electron chi connectivity index (χ0n) is 6.83. The molecule has 0 aliphatic heterocycles. The number of rotatable bonds is 1. The number of carbonyl (C=O) groups is 1. The van der Waals surface area contributed by atoms with Crippen molar-refractivity contribution in [2.75, 3.05) is 0 Å². The minimum absolute atomic E-state index is 0. The van der Waals surface area contributed by atoms with E-state index in [-0.39, 0.29) is 40.9 Å². The van der Waals surface area contributed by atoms with E-state index < -0.39 is 5.97 Å². The van der Waals surface area contributed by atoms with E-state index in [1.807, 2.05) is 20.4 Å². The number of carboxylic acids is 1. The summed E-state index contributed by atoms with van der Waals surface area (Å²) < 4.78 is 0. The number of hydrogen-bond donors (Lipinski definition) is 1. The first-order chi connectivity index (χ1) is 5.72. The number of aromatic carboxylic acids is 1. The van der Waals surface area contributed by atoms with Crippen LogP contribution in [0.1, 0.15) is 10.4 Å². The number of carbonyl (C=O) groups excluding carboxylic acids is 1. The van der Waals surface area contributed by atoms with Gasteiger partial charge in [-0.05, 0) is 24.8 Å². The molecule has 0 saturated heterocycles. The van der Waals surface area contributed by atoms with E-state index in [2.05, 4.69) is 12.7 Å². The van der Waals surface area contributed by atoms with E-state index in [0.29, 0.717) is 0 Å². The Bertz CT molecular complexity index is 270. The van der Waals surface area contributed by atoms with Crippen molar-refractivity contribution in [1.29, 1.82) is 0 Å². The number of aromatic hydroxyl groups is 1. The summed E-state index contributed by atoms with van der Waals surface area (Å²) in [7, 11) is 0. The van der Waals surface area contributed by atoms with Crippen LogP contribution in [0.4, 0.5) is 0 Å². The zero-order chi connectivity index (χ0) is 9.56. The smallest absolute Gasteiger partial charge is 0.545 e. The van der Waals surface area contributed by atoms with E-state index in [1.54, 1.807) is 6.07 Å². The number of para-hydroxylation sites is 1. The molecule has 0 spiro atoms. The van der Waals surface area contributed by atoms with E-state index >= 15 is 0 Å². The van der Waals surface area contributed by atoms with Gasteiger partial charge < -0.3 is 15.0 Å². The van der Waals surface area contributed by atoms with Gasteiger partial charge >= 0.3 is 29.6 Å². The molecule has 0 heterocycles. The number of carboxylic acid groups (broad SMARTS) is 1. The molecule has 0 aliphatic rings. The molecule has 0 fully saturated rings. The summed E-state index contributed by atoms with van der Waals surface area (Å²) in [6.07, 6.45) is 0. The van der Waals surface area contributed by atoms with E-state index in [4.69, 9.17) is 5.11 Å². The monoisotopic (exact) mass is 366 g/mol. The van der Waals surface area contributed by atoms with Gasteiger partial charge in [-0.2, -0.15) is 0 Å². The second kappa shape index (κ2) is 9.26. The second-order valence-electron chi connectivity index (χ2n) is 1.80. The van der Waals surface area contributed by atoms with Crippen LogP contribution >= 0.6 is 33.1 Å². The van der Waals surface area contributed by atoms with Crippen LogP contribution in [0.25, 0.3) is 0 Å². The standard InChI is InChI=1S/C7H6O3.BrI.Na/c8-6-4-2-1-3-5(6)7(9)10;1-2;/h1-4,8H,(H,9,10);;/q;;+1/p-1. The molecule has 1 aromatic carbocycles. The SMILES string of the molecule is BrI.O=C([O-])c1ccccc1O.[Na+]. The van der Waals surface area contributed by atoms with Gasteiger partial charge in [0.15, 0.2) is 0 Å². The molecule has 6 heteroatoms. The molecule has 13 heavy (non-hydrogen) atoms. The van der Waals surface area contributed by atoms with Crippen molar-refractivity contribution in [2.45, 2.75) is 0 Å². The summed E-state index contributed by atoms with van der Waals surface area (Å²) in [6.45, 7) is 0. The molecule has 3 nitrogen and oxygen atoms in total. The zero-order valence-corrected chi connectivity index (χ0v) is 12.6. The van der Waals surface area contributed by atoms with Crippen molar-refractivity contribution in [3.8, 4) is 5.75 Å². The third-order valence-corrected chi connectivity index (χ3v) is 1.12. The summed E-state index contributed by atoms with van der Waals surface area (Å²) in [6, 6.07) is 5.64. The summed E-state index contributed by atoms with van der Waals surface area (Å²) in [4.78, 5) is 10.2. The van der Waals surface area contributed by atoms with Crippen LogP contribution in [-0.2, 0) is 0 Å². The molecule has 0 amide bonds. The Labute approximate surface area is 118 Å². The van der Waals surface area contributed by atoms with Gasteiger partial charge in [-0.25, -0.2) is 0 Å². The molecule has 0 atom stereocenters. The fourth-order valence-corrected chi connectivity index (χ4v) is 0.646. The van der Waals surface area contributed by atoms with Crippen LogP contribution in [0.15, 0.2) is 24.3 Å². The molecule has 1 rings (SSSR count). The first-order valence-corrected chi connectivity index (χ1v) is 7.69. The van der Waals surface area contributed by atoms with Crippen LogP contribution in [0.2, 0.25) is 0 Å². The third kappa shape index (κ3) is 5.90. The molecule has 0 aliphatic carbocycles. The molecular formula is C7H5BrINaO3. The van der Waals surface area contributed by atoms with Gasteiger partial charge in [0, 0.05) is 25.9 Å². The Morgan fingerprint density at radius 3 is 2.15 bits per heavy atom. The Morgan fingerprint density at radius 2 is 1.85 bits per heavy atom. The largest absolute Gasteiger partial charge is 1.00 e. The predicted octanol–water partition coefficient (Wildman–Crippen LogP) is -1.51. The molecule has 0 unspecified atom stereocenters. The van der Waals surface area contributed by atoms with E-state index in [0.717, 1.165) is 0 Å². The number of benzene rings is 1. The quantitative estimate of drug-likeness (QED) is 0.485. The average molecular weight is 367 g/mol. The van der Waals surface area contributed by atoms with E-state index in [1.165, 1.54) is 18.2 Å². The van der Waals surface area contributed by atoms with Crippen molar-refractivity contribution < 1.29 is 44.6 Å². The number of halogens is 2. The summed E-state index contributed by atoms with van der Waals surface area (Å²) in [5, 5.41) is 19.0. The van der Waals surface area contributed by atoms with Crippen molar-refractivity contribution in [3.63, 3.8) is 0 Å². The first kappa shape index (κ1) is 16.1. The molecule has 0 saturated carbocycles. The molecule has 66 valence electrons. The second-order valence-corrected chi connectivity index (χ2v) is 1.80. The minimum Gasteiger partial charge on any atom is -0.545 e. The molecule has 0 radical (unpaired) electrons. The Balaban J connectivity index is 0. The van der Waals surface area contributed by atoms with Crippen molar-refractivity contribution in [1.82, 2.24) is 0 Å². The Hall–Kier alpha value is 0.700. The maximum absolute atomic E-state index is 10.2. The average Bonchev–Trinajstić information content (AvgIpc) is 2.08. The molecular weight excluding hydrogens is 362 g/mol. The van der Waals surface area contributed by atoms with Gasteiger partial charge in [-0.15, -0.1) is 0 Å². The van der Waals surface area contributed by atoms with Crippen LogP contribution in [0, 0.1) is 0 Å². The topological polar surface area (TPSA) is 60.4 Å². The molecule has 0 aromatic heterocycles. The van der Waals surface area contributed by atoms with Gasteiger partial charge in [0.2, 0.25) is 0 Å². The first-order valence-electron chi connectivity index (χ1n) is 2.85. The van der Waals surface area contributed by atoms with Crippen LogP contribution in [0.5, 0.6) is 5.75 Å². The fraction of sp³-hybridized carbons (Fsp3) is 0. The summed E-state index contributed by atoms with van der Waals surface area (Å²) >= 11 is 4.87. The van der Waals surface area contributed by atoms with Gasteiger partial charge in [-0.3, -0.25) is 0 Å². The predicted molar refractivity (Wildman–Crippen MR) is 55.4 cm³/mol. The maximum atomic E-state index is 10.2. The Kier molecular flexibility index (Phi) is 11.5. The van der Waals surface area contributed by atoms with Crippen LogP contribution in [0.3, 0.4) is 0 Å². The van der Waals surface area contributed by atoms with Gasteiger partial charge in [0.25, 0.3) is 0 Å². The van der Waals surface area contributed by atoms with Gasteiger partial charge in [-0.1, -0.05) is 12.1 Å². The number of phenols is 1. The van der Waals surface area contributed by atoms with Crippen molar-refractivity contribution in [2.24, 2.45) is 0 Å². The molecule has 1 aromatic rings. The maximum Gasteiger partial charge on any atom is 1.00 e. The minimum atomic E-state index is -1.36. The summed E-state index contributed by atoms with van der Waals surface area (Å²) in [5.74, 6) is -1.62. The number of hydrogen-bond acceptors (Lipinski definition) is 3. The van der Waals surface area contributed by atoms with Crippen LogP contribution < -0.4 is 34.7 Å². The van der Waals surface area contributed by atoms with Gasteiger partial charge in [0.05, 0.1) is 5.97 Å². The fourth-order valence-electron chi connectivity index (χ4n) is 0.646. The van der Waals surface area contributed by atoms with Crippen molar-refractivity contribution >= 4 is 39.0 Å². The van der Waals surface area contributed by atoms with E-state index in [9.17, 15) is 9.90 Å². The summed E-state index contributed by atoms with van der Waals surface area (Å²) in [5.41, 5.74) is -0.178. The van der Waals surface area contributed by atoms with Crippen LogP contribution in [-0.4, -0.2) is 11.1 Å². The van der Waals surface area contributed by atoms with Gasteiger partial charge in [0.1, 0.15) is 5.75 Å².